The molecule has 0 aliphatic carbocycles. The Labute approximate surface area is 160 Å². The predicted molar refractivity (Wildman–Crippen MR) is 102 cm³/mol. The molecule has 6 nitrogen and oxygen atoms in total. The number of halogens is 1. The van der Waals surface area contributed by atoms with Crippen molar-refractivity contribution >= 4 is 28.3 Å². The molecule has 0 fully saturated rings. The molecule has 0 unspecified atom stereocenters. The Morgan fingerprint density at radius 3 is 2.65 bits per heavy atom. The monoisotopic (exact) mass is 393 g/mol. The summed E-state index contributed by atoms with van der Waals surface area (Å²) < 4.78 is 28.0. The van der Waals surface area contributed by atoms with E-state index in [1.54, 1.807) is 25.3 Å². The average Bonchev–Trinajstić information content (AvgIpc) is 2.60. The van der Waals surface area contributed by atoms with E-state index in [9.17, 15) is 4.21 Å². The van der Waals surface area contributed by atoms with Crippen LogP contribution in [0.25, 0.3) is 0 Å². The topological polar surface area (TPSA) is 73.7 Å². The molecule has 138 valence electrons. The van der Waals surface area contributed by atoms with Gasteiger partial charge in [0, 0.05) is 18.1 Å². The van der Waals surface area contributed by atoms with Crippen molar-refractivity contribution in [2.45, 2.75) is 38.0 Å². The third-order valence-electron chi connectivity index (χ3n) is 3.85. The molecular weight excluding hydrogens is 374 g/mol. The smallest absolute Gasteiger partial charge is 0.151 e. The lowest BCUT2D eigenvalue weighted by molar-refractivity contribution is 0.199. The minimum Gasteiger partial charge on any atom is -0.497 e. The van der Waals surface area contributed by atoms with Crippen LogP contribution in [-0.4, -0.2) is 32.0 Å². The van der Waals surface area contributed by atoms with Crippen LogP contribution < -0.4 is 9.47 Å². The zero-order valence-electron chi connectivity index (χ0n) is 15.0. The molecule has 2 aromatic rings. The average molecular weight is 394 g/mol. The first kappa shape index (κ1) is 18.8. The summed E-state index contributed by atoms with van der Waals surface area (Å²) in [6.45, 7) is 5.68. The fourth-order valence-electron chi connectivity index (χ4n) is 2.43. The Hall–Kier alpha value is -1.99. The molecule has 1 aliphatic rings. The maximum Gasteiger partial charge on any atom is 0.151 e. The van der Waals surface area contributed by atoms with E-state index >= 15 is 0 Å². The Morgan fingerprint density at radius 1 is 1.27 bits per heavy atom. The number of methoxy groups -OCH3 is 1. The molecule has 8 heteroatoms. The van der Waals surface area contributed by atoms with Crippen LogP contribution in [0.2, 0.25) is 5.15 Å². The van der Waals surface area contributed by atoms with Gasteiger partial charge in [0.25, 0.3) is 0 Å². The minimum absolute atomic E-state index is 0.314. The standard InChI is InChI=1S/C18H20ClN3O3S/c1-18(2,3)26(23)22-14-10-16(13-7-8-17(19)21-20-13)25-15-9-11(24-4)5-6-12(14)15/h5-9,16H,10H2,1-4H3/b22-14+/t16-,26+/m1/s1. The quantitative estimate of drug-likeness (QED) is 0.790. The highest BCUT2D eigenvalue weighted by Crippen LogP contribution is 2.37. The van der Waals surface area contributed by atoms with E-state index in [1.165, 1.54) is 0 Å². The van der Waals surface area contributed by atoms with Crippen molar-refractivity contribution in [1.29, 1.82) is 0 Å². The van der Waals surface area contributed by atoms with Gasteiger partial charge in [-0.2, -0.15) is 9.50 Å². The van der Waals surface area contributed by atoms with Crippen LogP contribution in [0.15, 0.2) is 34.7 Å². The van der Waals surface area contributed by atoms with Gasteiger partial charge in [0.15, 0.2) is 5.15 Å². The first-order valence-electron chi connectivity index (χ1n) is 8.11. The molecule has 0 saturated carbocycles. The molecule has 0 spiro atoms. The van der Waals surface area contributed by atoms with E-state index in [2.05, 4.69) is 14.6 Å². The number of benzene rings is 1. The molecular formula is C18H20ClN3O3S. The lowest BCUT2D eigenvalue weighted by Crippen LogP contribution is -2.25. The van der Waals surface area contributed by atoms with Crippen molar-refractivity contribution in [2.75, 3.05) is 7.11 Å². The summed E-state index contributed by atoms with van der Waals surface area (Å²) in [5, 5.41) is 8.31. The van der Waals surface area contributed by atoms with Crippen molar-refractivity contribution in [1.82, 2.24) is 10.2 Å². The molecule has 1 aromatic heterocycles. The zero-order chi connectivity index (χ0) is 18.9. The Morgan fingerprint density at radius 2 is 2.04 bits per heavy atom. The van der Waals surface area contributed by atoms with E-state index < -0.39 is 21.8 Å². The van der Waals surface area contributed by atoms with E-state index in [0.717, 1.165) is 5.56 Å². The summed E-state index contributed by atoms with van der Waals surface area (Å²) in [4.78, 5) is 0. The van der Waals surface area contributed by atoms with Crippen molar-refractivity contribution < 1.29 is 13.7 Å². The summed E-state index contributed by atoms with van der Waals surface area (Å²) in [5.41, 5.74) is 2.16. The van der Waals surface area contributed by atoms with Gasteiger partial charge in [0.2, 0.25) is 0 Å². The number of fused-ring (bicyclic) bond motifs is 1. The second-order valence-electron chi connectivity index (χ2n) is 6.85. The van der Waals surface area contributed by atoms with Crippen LogP contribution in [-0.2, 0) is 11.0 Å². The molecule has 26 heavy (non-hydrogen) atoms. The normalized spacial score (nSPS) is 19.6. The van der Waals surface area contributed by atoms with Crippen LogP contribution in [0.4, 0.5) is 0 Å². The van der Waals surface area contributed by atoms with Gasteiger partial charge in [-0.1, -0.05) is 11.6 Å². The van der Waals surface area contributed by atoms with Crippen molar-refractivity contribution in [2.24, 2.45) is 4.40 Å². The summed E-state index contributed by atoms with van der Waals surface area (Å²) in [5.74, 6) is 1.28. The van der Waals surface area contributed by atoms with Gasteiger partial charge in [0.05, 0.1) is 17.6 Å². The first-order valence-corrected chi connectivity index (χ1v) is 9.60. The fourth-order valence-corrected chi connectivity index (χ4v) is 3.18. The molecule has 0 radical (unpaired) electrons. The van der Waals surface area contributed by atoms with E-state index in [4.69, 9.17) is 21.1 Å². The number of rotatable bonds is 3. The van der Waals surface area contributed by atoms with Crippen molar-refractivity contribution in [3.05, 3.63) is 46.7 Å². The lowest BCUT2D eigenvalue weighted by atomic mass is 9.98. The van der Waals surface area contributed by atoms with E-state index in [1.807, 2.05) is 32.9 Å². The van der Waals surface area contributed by atoms with E-state index in [-0.39, 0.29) is 0 Å². The maximum atomic E-state index is 12.6. The highest BCUT2D eigenvalue weighted by atomic mass is 35.5. The molecule has 1 aliphatic heterocycles. The molecule has 0 amide bonds. The molecule has 0 N–H and O–H groups in total. The van der Waals surface area contributed by atoms with Gasteiger partial charge < -0.3 is 9.47 Å². The Bertz CT molecular complexity index is 863. The maximum absolute atomic E-state index is 12.6. The van der Waals surface area contributed by atoms with Gasteiger partial charge in [0.1, 0.15) is 34.3 Å². The second-order valence-corrected chi connectivity index (χ2v) is 9.15. The number of aromatic nitrogens is 2. The Balaban J connectivity index is 2.04. The molecule has 3 rings (SSSR count). The largest absolute Gasteiger partial charge is 0.497 e. The zero-order valence-corrected chi connectivity index (χ0v) is 16.6. The van der Waals surface area contributed by atoms with Gasteiger partial charge in [-0.3, -0.25) is 0 Å². The van der Waals surface area contributed by atoms with E-state index in [0.29, 0.717) is 34.5 Å². The third kappa shape index (κ3) is 4.04. The van der Waals surface area contributed by atoms with Crippen LogP contribution in [0.5, 0.6) is 11.5 Å². The second kappa shape index (κ2) is 7.32. The van der Waals surface area contributed by atoms with Gasteiger partial charge >= 0.3 is 0 Å². The van der Waals surface area contributed by atoms with Crippen LogP contribution in [0, 0.1) is 0 Å². The Kier molecular flexibility index (Phi) is 5.29. The summed E-state index contributed by atoms with van der Waals surface area (Å²) >= 11 is 5.82. The van der Waals surface area contributed by atoms with Gasteiger partial charge in [-0.15, -0.1) is 5.10 Å². The number of ether oxygens (including phenoxy) is 2. The fraction of sp³-hybridized carbons (Fsp3) is 0.389. The van der Waals surface area contributed by atoms with Crippen LogP contribution in [0.1, 0.15) is 44.6 Å². The third-order valence-corrected chi connectivity index (χ3v) is 5.48. The predicted octanol–water partition coefficient (Wildman–Crippen LogP) is 3.91. The molecule has 1 aromatic carbocycles. The molecule has 0 saturated heterocycles. The number of hydrogen-bond acceptors (Lipinski definition) is 5. The van der Waals surface area contributed by atoms with Gasteiger partial charge in [-0.05, 0) is 45.0 Å². The minimum atomic E-state index is -1.38. The molecule has 2 heterocycles. The van der Waals surface area contributed by atoms with Crippen molar-refractivity contribution in [3.8, 4) is 11.5 Å². The van der Waals surface area contributed by atoms with Crippen LogP contribution in [0.3, 0.4) is 0 Å². The number of hydrogen-bond donors (Lipinski definition) is 0. The summed E-state index contributed by atoms with van der Waals surface area (Å²) in [6.07, 6.45) is 0.0485. The van der Waals surface area contributed by atoms with Crippen LogP contribution >= 0.6 is 11.6 Å². The SMILES string of the molecule is COc1ccc2c(c1)O[C@@H](c1ccc(Cl)nn1)C/C2=N\[S@@](=O)C(C)(C)C. The highest BCUT2D eigenvalue weighted by Gasteiger charge is 2.30. The number of nitrogens with zero attached hydrogens (tertiary/aromatic N) is 3. The molecule has 2 atom stereocenters. The summed E-state index contributed by atoms with van der Waals surface area (Å²) in [6, 6.07) is 8.93. The molecule has 0 bridgehead atoms. The van der Waals surface area contributed by atoms with Crippen molar-refractivity contribution in [3.63, 3.8) is 0 Å². The summed E-state index contributed by atoms with van der Waals surface area (Å²) in [7, 11) is 0.213. The first-order chi connectivity index (χ1) is 12.3. The lowest BCUT2D eigenvalue weighted by Gasteiger charge is -2.27. The highest BCUT2D eigenvalue weighted by molar-refractivity contribution is 7.85. The van der Waals surface area contributed by atoms with Gasteiger partial charge in [-0.25, -0.2) is 4.21 Å².